The van der Waals surface area contributed by atoms with E-state index in [1.54, 1.807) is 0 Å². The van der Waals surface area contributed by atoms with Crippen molar-refractivity contribution in [1.29, 1.82) is 0 Å². The average Bonchev–Trinajstić information content (AvgIpc) is 3.48. The number of thiophene rings is 1. The quantitative estimate of drug-likeness (QED) is 0.188. The molecule has 0 aliphatic rings. The Morgan fingerprint density at radius 1 is 0.409 bits per heavy atom. The van der Waals surface area contributed by atoms with Crippen molar-refractivity contribution in [1.82, 2.24) is 0 Å². The highest BCUT2D eigenvalue weighted by molar-refractivity contribution is 7.26. The molecule has 206 valence electrons. The lowest BCUT2D eigenvalue weighted by atomic mass is 9.89. The van der Waals surface area contributed by atoms with Gasteiger partial charge in [0.2, 0.25) is 0 Å². The first-order valence-electron chi connectivity index (χ1n) is 15.0. The molecule has 0 saturated heterocycles. The van der Waals surface area contributed by atoms with E-state index < -0.39 is 0 Å². The van der Waals surface area contributed by atoms with Gasteiger partial charge < -0.3 is 4.90 Å². The van der Waals surface area contributed by atoms with Crippen LogP contribution in [0.4, 0.5) is 17.1 Å². The first-order valence-corrected chi connectivity index (χ1v) is 15.8. The van der Waals surface area contributed by atoms with E-state index in [-0.39, 0.29) is 0 Å². The largest absolute Gasteiger partial charge is 0.308 e. The van der Waals surface area contributed by atoms with E-state index in [0.717, 1.165) is 5.69 Å². The van der Waals surface area contributed by atoms with Crippen molar-refractivity contribution < 1.29 is 0 Å². The van der Waals surface area contributed by atoms with E-state index in [0.29, 0.717) is 0 Å². The van der Waals surface area contributed by atoms with Gasteiger partial charge in [-0.2, -0.15) is 0 Å². The fraction of sp³-hybridized carbons (Fsp3) is 0. The minimum absolute atomic E-state index is 1.14. The molecule has 0 amide bonds. The van der Waals surface area contributed by atoms with Crippen LogP contribution in [-0.4, -0.2) is 0 Å². The van der Waals surface area contributed by atoms with Crippen LogP contribution in [0.3, 0.4) is 0 Å². The molecule has 0 atom stereocenters. The second kappa shape index (κ2) is 10.1. The topological polar surface area (TPSA) is 3.24 Å². The second-order valence-electron chi connectivity index (χ2n) is 11.3. The molecule has 0 bridgehead atoms. The van der Waals surface area contributed by atoms with E-state index in [2.05, 4.69) is 169 Å². The smallest absolute Gasteiger partial charge is 0.0640 e. The Balaban J connectivity index is 1.48. The van der Waals surface area contributed by atoms with Gasteiger partial charge in [0, 0.05) is 32.1 Å². The maximum absolute atomic E-state index is 2.51. The average molecular weight is 578 g/mol. The molecule has 0 unspecified atom stereocenters. The molecule has 9 aromatic rings. The number of fused-ring (bicyclic) bond motifs is 7. The summed E-state index contributed by atoms with van der Waals surface area (Å²) in [5.41, 5.74) is 5.99. The van der Waals surface area contributed by atoms with Gasteiger partial charge in [-0.3, -0.25) is 0 Å². The van der Waals surface area contributed by atoms with E-state index >= 15 is 0 Å². The van der Waals surface area contributed by atoms with E-state index in [4.69, 9.17) is 0 Å². The Kier molecular flexibility index (Phi) is 5.75. The predicted octanol–water partition coefficient (Wildman–Crippen LogP) is 12.7. The van der Waals surface area contributed by atoms with Crippen molar-refractivity contribution in [3.63, 3.8) is 0 Å². The zero-order valence-electron chi connectivity index (χ0n) is 23.9. The van der Waals surface area contributed by atoms with Gasteiger partial charge in [0.15, 0.2) is 0 Å². The molecule has 0 N–H and O–H groups in total. The molecular formula is C42H27NS. The molecular weight excluding hydrogens is 551 g/mol. The van der Waals surface area contributed by atoms with Crippen LogP contribution < -0.4 is 4.90 Å². The summed E-state index contributed by atoms with van der Waals surface area (Å²) in [4.78, 5) is 2.51. The summed E-state index contributed by atoms with van der Waals surface area (Å²) in [5.74, 6) is 0. The summed E-state index contributed by atoms with van der Waals surface area (Å²) < 4.78 is 2.60. The number of anilines is 3. The molecule has 0 aliphatic carbocycles. The Labute approximate surface area is 259 Å². The molecule has 0 spiro atoms. The highest BCUT2D eigenvalue weighted by atomic mass is 32.1. The Morgan fingerprint density at radius 3 is 1.84 bits per heavy atom. The van der Waals surface area contributed by atoms with Gasteiger partial charge in [0.1, 0.15) is 0 Å². The van der Waals surface area contributed by atoms with Gasteiger partial charge in [-0.1, -0.05) is 133 Å². The summed E-state index contributed by atoms with van der Waals surface area (Å²) in [6.07, 6.45) is 0. The molecule has 8 aromatic carbocycles. The molecule has 2 heteroatoms. The fourth-order valence-electron chi connectivity index (χ4n) is 6.87. The summed E-state index contributed by atoms with van der Waals surface area (Å²) in [6, 6.07) is 59.8. The SMILES string of the molecule is c1ccc(N(c2c(-c3ccc4ccccc4c3)c3ccccc3c3ccccc23)c2cccc3c2sc2ccccc23)cc1. The number of hydrogen-bond donors (Lipinski definition) is 0. The Morgan fingerprint density at radius 2 is 1.02 bits per heavy atom. The van der Waals surface area contributed by atoms with Gasteiger partial charge >= 0.3 is 0 Å². The van der Waals surface area contributed by atoms with Crippen LogP contribution in [0, 0.1) is 0 Å². The fourth-order valence-corrected chi connectivity index (χ4v) is 8.07. The number of hydrogen-bond acceptors (Lipinski definition) is 2. The Bertz CT molecular complexity index is 2510. The monoisotopic (exact) mass is 577 g/mol. The maximum atomic E-state index is 2.51. The van der Waals surface area contributed by atoms with Crippen LogP contribution in [0.5, 0.6) is 0 Å². The lowest BCUT2D eigenvalue weighted by Gasteiger charge is -2.31. The third kappa shape index (κ3) is 3.85. The standard InChI is InChI=1S/C42H27NS/c1-2-15-31(16-3-1)43(38-23-12-22-37-34-19-10-11-24-39(34)44-42(37)38)41-36-21-9-7-18-33(36)32-17-6-8-20-35(32)40(41)30-26-25-28-13-4-5-14-29(28)27-30/h1-27H. The molecule has 0 saturated carbocycles. The number of benzene rings is 8. The third-order valence-electron chi connectivity index (χ3n) is 8.81. The van der Waals surface area contributed by atoms with Gasteiger partial charge in [-0.25, -0.2) is 0 Å². The number of para-hydroxylation sites is 1. The molecule has 44 heavy (non-hydrogen) atoms. The van der Waals surface area contributed by atoms with E-state index in [1.807, 2.05) is 11.3 Å². The lowest BCUT2D eigenvalue weighted by molar-refractivity contribution is 1.32. The lowest BCUT2D eigenvalue weighted by Crippen LogP contribution is -2.12. The van der Waals surface area contributed by atoms with Crippen molar-refractivity contribution in [2.75, 3.05) is 4.90 Å². The van der Waals surface area contributed by atoms with Crippen LogP contribution in [0.1, 0.15) is 0 Å². The first-order chi connectivity index (χ1) is 21.8. The molecule has 1 aromatic heterocycles. The highest BCUT2D eigenvalue weighted by Crippen LogP contribution is 2.52. The third-order valence-corrected chi connectivity index (χ3v) is 10.0. The molecule has 0 fully saturated rings. The minimum Gasteiger partial charge on any atom is -0.308 e. The van der Waals surface area contributed by atoms with Crippen molar-refractivity contribution >= 4 is 80.9 Å². The summed E-state index contributed by atoms with van der Waals surface area (Å²) >= 11 is 1.88. The van der Waals surface area contributed by atoms with Crippen molar-refractivity contribution in [3.8, 4) is 11.1 Å². The Hall–Kier alpha value is -5.44. The second-order valence-corrected chi connectivity index (χ2v) is 12.4. The van der Waals surface area contributed by atoms with Crippen molar-refractivity contribution in [3.05, 3.63) is 164 Å². The van der Waals surface area contributed by atoms with Crippen LogP contribution >= 0.6 is 11.3 Å². The predicted molar refractivity (Wildman–Crippen MR) is 192 cm³/mol. The van der Waals surface area contributed by atoms with Gasteiger partial charge in [-0.15, -0.1) is 11.3 Å². The zero-order chi connectivity index (χ0) is 29.0. The molecule has 1 nitrogen and oxygen atoms in total. The van der Waals surface area contributed by atoms with Gasteiger partial charge in [0.25, 0.3) is 0 Å². The van der Waals surface area contributed by atoms with Crippen molar-refractivity contribution in [2.24, 2.45) is 0 Å². The van der Waals surface area contributed by atoms with Crippen LogP contribution in [0.2, 0.25) is 0 Å². The first kappa shape index (κ1) is 25.1. The highest BCUT2D eigenvalue weighted by Gasteiger charge is 2.25. The number of rotatable bonds is 4. The van der Waals surface area contributed by atoms with E-state index in [1.165, 1.54) is 75.0 Å². The zero-order valence-corrected chi connectivity index (χ0v) is 24.8. The molecule has 0 radical (unpaired) electrons. The molecule has 9 rings (SSSR count). The van der Waals surface area contributed by atoms with Gasteiger partial charge in [0.05, 0.1) is 16.1 Å². The van der Waals surface area contributed by atoms with E-state index in [9.17, 15) is 0 Å². The van der Waals surface area contributed by atoms with Crippen LogP contribution in [0.15, 0.2) is 164 Å². The normalized spacial score (nSPS) is 11.6. The van der Waals surface area contributed by atoms with Crippen molar-refractivity contribution in [2.45, 2.75) is 0 Å². The molecule has 1 heterocycles. The summed E-state index contributed by atoms with van der Waals surface area (Å²) in [7, 11) is 0. The maximum Gasteiger partial charge on any atom is 0.0640 e. The minimum atomic E-state index is 1.14. The molecule has 0 aliphatic heterocycles. The van der Waals surface area contributed by atoms with Crippen LogP contribution in [0.25, 0.3) is 63.6 Å². The summed E-state index contributed by atoms with van der Waals surface area (Å²) in [5, 5.41) is 10.1. The number of nitrogens with zero attached hydrogens (tertiary/aromatic N) is 1. The van der Waals surface area contributed by atoms with Gasteiger partial charge in [-0.05, 0) is 62.8 Å². The van der Waals surface area contributed by atoms with Crippen LogP contribution in [-0.2, 0) is 0 Å². The summed E-state index contributed by atoms with van der Waals surface area (Å²) in [6.45, 7) is 0.